The van der Waals surface area contributed by atoms with Gasteiger partial charge < -0.3 is 10.0 Å². The Morgan fingerprint density at radius 3 is 2.80 bits per heavy atom. The van der Waals surface area contributed by atoms with Gasteiger partial charge in [-0.1, -0.05) is 32.1 Å². The first-order valence-corrected chi connectivity index (χ1v) is 9.88. The predicted molar refractivity (Wildman–Crippen MR) is 97.1 cm³/mol. The van der Waals surface area contributed by atoms with Crippen LogP contribution in [0.2, 0.25) is 0 Å². The van der Waals surface area contributed by atoms with E-state index in [4.69, 9.17) is 0 Å². The molecule has 2 aliphatic rings. The van der Waals surface area contributed by atoms with Gasteiger partial charge in [0, 0.05) is 37.2 Å². The highest BCUT2D eigenvalue weighted by Crippen LogP contribution is 2.30. The number of likely N-dealkylation sites (tertiary alicyclic amines) is 1. The van der Waals surface area contributed by atoms with Crippen molar-refractivity contribution in [3.05, 3.63) is 23.3 Å². The molecular formula is C20H31N3O2. The van der Waals surface area contributed by atoms with Gasteiger partial charge in [0.05, 0.1) is 12.3 Å². The fourth-order valence-corrected chi connectivity index (χ4v) is 4.38. The van der Waals surface area contributed by atoms with Crippen LogP contribution in [0.1, 0.15) is 80.8 Å². The van der Waals surface area contributed by atoms with Crippen LogP contribution in [-0.2, 0) is 11.4 Å². The summed E-state index contributed by atoms with van der Waals surface area (Å²) in [6, 6.07) is 0. The van der Waals surface area contributed by atoms with Gasteiger partial charge in [0.25, 0.3) is 0 Å². The molecule has 1 amide bonds. The Bertz CT molecular complexity index is 584. The molecule has 5 nitrogen and oxygen atoms in total. The van der Waals surface area contributed by atoms with Crippen molar-refractivity contribution in [3.63, 3.8) is 0 Å². The topological polar surface area (TPSA) is 66.3 Å². The molecule has 0 radical (unpaired) electrons. The molecule has 3 rings (SSSR count). The Morgan fingerprint density at radius 2 is 2.04 bits per heavy atom. The normalized spacial score (nSPS) is 22.2. The summed E-state index contributed by atoms with van der Waals surface area (Å²) >= 11 is 0. The van der Waals surface area contributed by atoms with Crippen LogP contribution >= 0.6 is 0 Å². The van der Waals surface area contributed by atoms with E-state index in [1.165, 1.54) is 32.1 Å². The second kappa shape index (κ2) is 8.75. The number of nitrogens with zero attached hydrogens (tertiary/aromatic N) is 3. The molecule has 1 unspecified atom stereocenters. The van der Waals surface area contributed by atoms with Crippen LogP contribution in [0, 0.1) is 12.8 Å². The molecule has 1 aromatic heterocycles. The zero-order valence-corrected chi connectivity index (χ0v) is 15.4. The quantitative estimate of drug-likeness (QED) is 0.889. The van der Waals surface area contributed by atoms with Crippen molar-refractivity contribution in [3.8, 4) is 0 Å². The van der Waals surface area contributed by atoms with Gasteiger partial charge in [0.1, 0.15) is 5.82 Å². The molecule has 1 N–H and O–H groups in total. The standard InChI is InChI=1S/C20H31N3O2/c1-15-21-12-18(14-24)20(22-15)17-8-5-11-23(13-17)19(25)10-9-16-6-3-2-4-7-16/h12,16-17,24H,2-11,13-14H2,1H3. The minimum atomic E-state index is -0.0399. The van der Waals surface area contributed by atoms with Gasteiger partial charge in [-0.15, -0.1) is 0 Å². The third-order valence-electron chi connectivity index (χ3n) is 5.84. The molecule has 0 spiro atoms. The van der Waals surface area contributed by atoms with Crippen molar-refractivity contribution in [2.45, 2.75) is 77.2 Å². The van der Waals surface area contributed by atoms with Crippen molar-refractivity contribution in [1.82, 2.24) is 14.9 Å². The van der Waals surface area contributed by atoms with Gasteiger partial charge in [0.2, 0.25) is 5.91 Å². The highest BCUT2D eigenvalue weighted by Gasteiger charge is 2.27. The highest BCUT2D eigenvalue weighted by molar-refractivity contribution is 5.76. The average Bonchev–Trinajstić information content (AvgIpc) is 2.67. The number of rotatable bonds is 5. The number of aryl methyl sites for hydroxylation is 1. The summed E-state index contributed by atoms with van der Waals surface area (Å²) in [6.07, 6.45) is 12.1. The summed E-state index contributed by atoms with van der Waals surface area (Å²) in [5.41, 5.74) is 1.73. The third-order valence-corrected chi connectivity index (χ3v) is 5.84. The average molecular weight is 345 g/mol. The monoisotopic (exact) mass is 345 g/mol. The zero-order valence-electron chi connectivity index (χ0n) is 15.4. The van der Waals surface area contributed by atoms with Crippen LogP contribution in [0.3, 0.4) is 0 Å². The molecule has 25 heavy (non-hydrogen) atoms. The fraction of sp³-hybridized carbons (Fsp3) is 0.750. The van der Waals surface area contributed by atoms with Gasteiger partial charge >= 0.3 is 0 Å². The van der Waals surface area contributed by atoms with Gasteiger partial charge in [-0.25, -0.2) is 9.97 Å². The summed E-state index contributed by atoms with van der Waals surface area (Å²) in [4.78, 5) is 23.5. The molecular weight excluding hydrogens is 314 g/mol. The number of amides is 1. The fourth-order valence-electron chi connectivity index (χ4n) is 4.38. The van der Waals surface area contributed by atoms with Crippen LogP contribution in [0.15, 0.2) is 6.20 Å². The molecule has 1 aromatic rings. The molecule has 2 heterocycles. The first-order chi connectivity index (χ1) is 12.2. The Kier molecular flexibility index (Phi) is 6.40. The lowest BCUT2D eigenvalue weighted by molar-refractivity contribution is -0.132. The summed E-state index contributed by atoms with van der Waals surface area (Å²) < 4.78 is 0. The van der Waals surface area contributed by atoms with Crippen LogP contribution in [0.5, 0.6) is 0 Å². The zero-order chi connectivity index (χ0) is 17.6. The summed E-state index contributed by atoms with van der Waals surface area (Å²) in [5, 5.41) is 9.58. The smallest absolute Gasteiger partial charge is 0.222 e. The molecule has 1 saturated carbocycles. The van der Waals surface area contributed by atoms with Crippen molar-refractivity contribution < 1.29 is 9.90 Å². The highest BCUT2D eigenvalue weighted by atomic mass is 16.3. The number of aliphatic hydroxyl groups is 1. The van der Waals surface area contributed by atoms with E-state index in [9.17, 15) is 9.90 Å². The first-order valence-electron chi connectivity index (χ1n) is 9.88. The van der Waals surface area contributed by atoms with Crippen LogP contribution in [0.4, 0.5) is 0 Å². The minimum Gasteiger partial charge on any atom is -0.392 e. The van der Waals surface area contributed by atoms with Crippen molar-refractivity contribution in [2.24, 2.45) is 5.92 Å². The van der Waals surface area contributed by atoms with Crippen LogP contribution < -0.4 is 0 Å². The predicted octanol–water partition coefficient (Wildman–Crippen LogP) is 3.34. The molecule has 1 saturated heterocycles. The number of carbonyl (C=O) groups is 1. The lowest BCUT2D eigenvalue weighted by atomic mass is 9.86. The van der Waals surface area contributed by atoms with Gasteiger partial charge in [-0.2, -0.15) is 0 Å². The lowest BCUT2D eigenvalue weighted by Crippen LogP contribution is -2.39. The molecule has 1 aliphatic carbocycles. The lowest BCUT2D eigenvalue weighted by Gasteiger charge is -2.33. The Balaban J connectivity index is 1.58. The van der Waals surface area contributed by atoms with E-state index in [2.05, 4.69) is 9.97 Å². The third kappa shape index (κ3) is 4.78. The van der Waals surface area contributed by atoms with Crippen molar-refractivity contribution in [1.29, 1.82) is 0 Å². The summed E-state index contributed by atoms with van der Waals surface area (Å²) in [5.74, 6) is 2.00. The van der Waals surface area contributed by atoms with Crippen molar-refractivity contribution >= 4 is 5.91 Å². The number of piperidine rings is 1. The Labute approximate surface area is 150 Å². The maximum Gasteiger partial charge on any atom is 0.222 e. The first kappa shape index (κ1) is 18.3. The molecule has 0 bridgehead atoms. The maximum atomic E-state index is 12.7. The van der Waals surface area contributed by atoms with E-state index in [0.717, 1.165) is 55.4 Å². The summed E-state index contributed by atoms with van der Waals surface area (Å²) in [6.45, 7) is 3.42. The molecule has 1 atom stereocenters. The largest absolute Gasteiger partial charge is 0.392 e. The minimum absolute atomic E-state index is 0.0399. The second-order valence-corrected chi connectivity index (χ2v) is 7.71. The molecule has 0 aromatic carbocycles. The Hall–Kier alpha value is -1.49. The van der Waals surface area contributed by atoms with E-state index >= 15 is 0 Å². The number of aromatic nitrogens is 2. The molecule has 1 aliphatic heterocycles. The van der Waals surface area contributed by atoms with E-state index < -0.39 is 0 Å². The number of carbonyl (C=O) groups excluding carboxylic acids is 1. The SMILES string of the molecule is Cc1ncc(CO)c(C2CCCN(C(=O)CCC3CCCCC3)C2)n1. The van der Waals surface area contributed by atoms with Gasteiger partial charge in [0.15, 0.2) is 0 Å². The van der Waals surface area contributed by atoms with Gasteiger partial charge in [-0.3, -0.25) is 4.79 Å². The van der Waals surface area contributed by atoms with E-state index in [1.54, 1.807) is 6.20 Å². The molecule has 2 fully saturated rings. The van der Waals surface area contributed by atoms with Crippen molar-refractivity contribution in [2.75, 3.05) is 13.1 Å². The molecule has 138 valence electrons. The van der Waals surface area contributed by atoms with E-state index in [1.807, 2.05) is 11.8 Å². The Morgan fingerprint density at radius 1 is 1.24 bits per heavy atom. The van der Waals surface area contributed by atoms with Gasteiger partial charge in [-0.05, 0) is 32.1 Å². The summed E-state index contributed by atoms with van der Waals surface area (Å²) in [7, 11) is 0. The second-order valence-electron chi connectivity index (χ2n) is 7.71. The van der Waals surface area contributed by atoms with E-state index in [-0.39, 0.29) is 12.5 Å². The number of hydrogen-bond donors (Lipinski definition) is 1. The number of aliphatic hydroxyl groups excluding tert-OH is 1. The number of hydrogen-bond acceptors (Lipinski definition) is 4. The maximum absolute atomic E-state index is 12.7. The van der Waals surface area contributed by atoms with Crippen LogP contribution in [0.25, 0.3) is 0 Å². The van der Waals surface area contributed by atoms with E-state index in [0.29, 0.717) is 12.3 Å². The van der Waals surface area contributed by atoms with Crippen LogP contribution in [-0.4, -0.2) is 39.0 Å². The molecule has 5 heteroatoms.